The molecule has 3 N–H and O–H groups in total. The first kappa shape index (κ1) is 14.4. The van der Waals surface area contributed by atoms with E-state index in [0.29, 0.717) is 9.21 Å². The van der Waals surface area contributed by atoms with Crippen LogP contribution in [-0.2, 0) is 15.1 Å². The van der Waals surface area contributed by atoms with Crippen molar-refractivity contribution in [2.45, 2.75) is 32.0 Å². The van der Waals surface area contributed by atoms with Crippen molar-refractivity contribution < 1.29 is 14.6 Å². The monoisotopic (exact) mass is 277 g/mol. The maximum Gasteiger partial charge on any atom is 0.345 e. The van der Waals surface area contributed by atoms with Crippen molar-refractivity contribution in [3.63, 3.8) is 0 Å². The molecule has 6 heteroatoms. The molecule has 0 aliphatic rings. The van der Waals surface area contributed by atoms with Crippen LogP contribution in [0.3, 0.4) is 0 Å². The summed E-state index contributed by atoms with van der Waals surface area (Å²) in [5.41, 5.74) is 2.97. The molecule has 0 aliphatic heterocycles. The summed E-state index contributed by atoms with van der Waals surface area (Å²) < 4.78 is 5.63. The first-order valence-corrected chi connectivity index (χ1v) is 6.30. The molecule has 0 saturated carbocycles. The molecule has 1 aromatic rings. The molecule has 1 aromatic heterocycles. The summed E-state index contributed by atoms with van der Waals surface area (Å²) >= 11 is 6.88. The van der Waals surface area contributed by atoms with Gasteiger partial charge < -0.3 is 15.6 Å². The Bertz CT molecular complexity index is 413. The highest BCUT2D eigenvalue weighted by Crippen LogP contribution is 2.32. The fraction of sp³-hybridized carbons (Fsp3) is 0.545. The Hall–Kier alpha value is -0.620. The number of thiophene rings is 1. The maximum atomic E-state index is 11.9. The molecular formula is C11H16ClNO3S. The minimum atomic E-state index is -1.83. The van der Waals surface area contributed by atoms with Crippen molar-refractivity contribution in [2.75, 3.05) is 6.54 Å². The normalized spacial score (nSPS) is 15.4. The Kier molecular flexibility index (Phi) is 4.19. The van der Waals surface area contributed by atoms with Crippen molar-refractivity contribution in [3.8, 4) is 0 Å². The largest absolute Gasteiger partial charge is 0.458 e. The first-order chi connectivity index (χ1) is 7.69. The van der Waals surface area contributed by atoms with E-state index in [-0.39, 0.29) is 6.54 Å². The van der Waals surface area contributed by atoms with E-state index in [9.17, 15) is 9.90 Å². The van der Waals surface area contributed by atoms with Crippen LogP contribution in [0.5, 0.6) is 0 Å². The molecule has 0 bridgehead atoms. The van der Waals surface area contributed by atoms with Gasteiger partial charge in [-0.1, -0.05) is 11.6 Å². The van der Waals surface area contributed by atoms with E-state index < -0.39 is 17.2 Å². The zero-order valence-electron chi connectivity index (χ0n) is 9.99. The van der Waals surface area contributed by atoms with Crippen molar-refractivity contribution in [3.05, 3.63) is 21.3 Å². The topological polar surface area (TPSA) is 72.5 Å². The van der Waals surface area contributed by atoms with Crippen LogP contribution in [0.1, 0.15) is 25.6 Å². The third-order valence-corrected chi connectivity index (χ3v) is 3.40. The fourth-order valence-corrected chi connectivity index (χ4v) is 2.31. The van der Waals surface area contributed by atoms with Crippen LogP contribution in [0, 0.1) is 0 Å². The average molecular weight is 278 g/mol. The van der Waals surface area contributed by atoms with E-state index in [1.807, 2.05) is 0 Å². The van der Waals surface area contributed by atoms with Gasteiger partial charge in [0.1, 0.15) is 5.60 Å². The van der Waals surface area contributed by atoms with Gasteiger partial charge in [-0.2, -0.15) is 0 Å². The summed E-state index contributed by atoms with van der Waals surface area (Å²) in [5.74, 6) is -0.758. The molecule has 4 nitrogen and oxygen atoms in total. The Morgan fingerprint density at radius 2 is 2.12 bits per heavy atom. The van der Waals surface area contributed by atoms with Gasteiger partial charge in [-0.05, 0) is 32.9 Å². The number of aliphatic hydroxyl groups is 1. The van der Waals surface area contributed by atoms with Gasteiger partial charge in [0, 0.05) is 6.54 Å². The molecule has 1 heterocycles. The van der Waals surface area contributed by atoms with Crippen LogP contribution < -0.4 is 5.73 Å². The third kappa shape index (κ3) is 3.42. The third-order valence-electron chi connectivity index (χ3n) is 2.01. The second-order valence-corrected chi connectivity index (χ2v) is 6.39. The Morgan fingerprint density at radius 3 is 2.47 bits per heavy atom. The van der Waals surface area contributed by atoms with Crippen molar-refractivity contribution in [2.24, 2.45) is 5.73 Å². The zero-order chi connectivity index (χ0) is 13.3. The fourth-order valence-electron chi connectivity index (χ4n) is 1.18. The number of nitrogens with two attached hydrogens (primary N) is 1. The molecule has 0 aliphatic carbocycles. The lowest BCUT2D eigenvalue weighted by molar-refractivity contribution is -0.177. The molecule has 96 valence electrons. The zero-order valence-corrected chi connectivity index (χ0v) is 11.6. The predicted octanol–water partition coefficient (Wildman–Crippen LogP) is 1.89. The molecule has 0 saturated heterocycles. The molecule has 0 fully saturated rings. The highest BCUT2D eigenvalue weighted by Gasteiger charge is 2.41. The molecule has 0 aromatic carbocycles. The molecule has 0 amide bonds. The van der Waals surface area contributed by atoms with Crippen LogP contribution in [0.25, 0.3) is 0 Å². The first-order valence-electron chi connectivity index (χ1n) is 5.11. The number of carbonyl (C=O) groups excluding carboxylic acids is 1. The SMILES string of the molecule is CC(C)(C)OC(=O)C(O)(CN)c1ccc(Cl)s1. The second-order valence-electron chi connectivity index (χ2n) is 4.67. The van der Waals surface area contributed by atoms with Gasteiger partial charge in [0.05, 0.1) is 9.21 Å². The van der Waals surface area contributed by atoms with Gasteiger partial charge in [-0.3, -0.25) is 0 Å². The van der Waals surface area contributed by atoms with Crippen LogP contribution in [-0.4, -0.2) is 23.2 Å². The lowest BCUT2D eigenvalue weighted by Gasteiger charge is -2.28. The van der Waals surface area contributed by atoms with Crippen LogP contribution in [0.4, 0.5) is 0 Å². The predicted molar refractivity (Wildman–Crippen MR) is 68.1 cm³/mol. The van der Waals surface area contributed by atoms with Gasteiger partial charge in [-0.25, -0.2) is 4.79 Å². The summed E-state index contributed by atoms with van der Waals surface area (Å²) in [5, 5.41) is 10.3. The maximum absolute atomic E-state index is 11.9. The van der Waals surface area contributed by atoms with E-state index in [1.54, 1.807) is 32.9 Å². The number of hydrogen-bond donors (Lipinski definition) is 2. The van der Waals surface area contributed by atoms with E-state index in [1.165, 1.54) is 0 Å². The van der Waals surface area contributed by atoms with Gasteiger partial charge in [0.2, 0.25) is 5.60 Å². The number of esters is 1. The van der Waals surface area contributed by atoms with Crippen molar-refractivity contribution in [1.82, 2.24) is 0 Å². The van der Waals surface area contributed by atoms with E-state index in [4.69, 9.17) is 22.1 Å². The Morgan fingerprint density at radius 1 is 1.53 bits per heavy atom. The van der Waals surface area contributed by atoms with Gasteiger partial charge in [0.15, 0.2) is 0 Å². The van der Waals surface area contributed by atoms with Crippen LogP contribution in [0.2, 0.25) is 4.34 Å². The highest BCUT2D eigenvalue weighted by atomic mass is 35.5. The second kappa shape index (κ2) is 4.94. The molecule has 0 radical (unpaired) electrons. The standard InChI is InChI=1S/C11H16ClNO3S/c1-10(2,3)16-9(14)11(15,6-13)7-4-5-8(12)17-7/h4-5,15H,6,13H2,1-3H3. The minimum absolute atomic E-state index is 0.251. The summed E-state index contributed by atoms with van der Waals surface area (Å²) in [4.78, 5) is 12.3. The molecule has 1 atom stereocenters. The van der Waals surface area contributed by atoms with E-state index >= 15 is 0 Å². The van der Waals surface area contributed by atoms with Gasteiger partial charge in [0.25, 0.3) is 0 Å². The Labute approximate surface area is 109 Å². The summed E-state index contributed by atoms with van der Waals surface area (Å²) in [7, 11) is 0. The van der Waals surface area contributed by atoms with Crippen LogP contribution in [0.15, 0.2) is 12.1 Å². The van der Waals surface area contributed by atoms with E-state index in [2.05, 4.69) is 0 Å². The van der Waals surface area contributed by atoms with Crippen molar-refractivity contribution >= 4 is 28.9 Å². The quantitative estimate of drug-likeness (QED) is 0.828. The lowest BCUT2D eigenvalue weighted by Crippen LogP contribution is -2.46. The average Bonchev–Trinajstić information content (AvgIpc) is 2.61. The Balaban J connectivity index is 3.00. The molecular weight excluding hydrogens is 262 g/mol. The highest BCUT2D eigenvalue weighted by molar-refractivity contribution is 7.16. The number of carbonyl (C=O) groups is 1. The minimum Gasteiger partial charge on any atom is -0.458 e. The van der Waals surface area contributed by atoms with E-state index in [0.717, 1.165) is 11.3 Å². The molecule has 17 heavy (non-hydrogen) atoms. The van der Waals surface area contributed by atoms with Gasteiger partial charge >= 0.3 is 5.97 Å². The van der Waals surface area contributed by atoms with Gasteiger partial charge in [-0.15, -0.1) is 11.3 Å². The lowest BCUT2D eigenvalue weighted by atomic mass is 10.0. The van der Waals surface area contributed by atoms with Crippen molar-refractivity contribution in [1.29, 1.82) is 0 Å². The molecule has 0 spiro atoms. The number of rotatable bonds is 3. The molecule has 1 rings (SSSR count). The molecule has 1 unspecified atom stereocenters. The van der Waals surface area contributed by atoms with Crippen LogP contribution >= 0.6 is 22.9 Å². The number of hydrogen-bond acceptors (Lipinski definition) is 5. The summed E-state index contributed by atoms with van der Waals surface area (Å²) in [6, 6.07) is 3.18. The summed E-state index contributed by atoms with van der Waals surface area (Å²) in [6.45, 7) is 4.93. The number of halogens is 1. The summed E-state index contributed by atoms with van der Waals surface area (Å²) in [6.07, 6.45) is 0. The number of ether oxygens (including phenoxy) is 1. The smallest absolute Gasteiger partial charge is 0.345 e.